The molecular weight excluding hydrogens is 244 g/mol. The molecule has 0 aliphatic rings. The van der Waals surface area contributed by atoms with Gasteiger partial charge in [0.15, 0.2) is 5.82 Å². The van der Waals surface area contributed by atoms with E-state index < -0.39 is 0 Å². The molecule has 4 N–H and O–H groups in total. The minimum atomic E-state index is 0.512. The SMILES string of the molecule is CCCc1c(NN)ncnc1NCc1ncn(C)n1. The van der Waals surface area contributed by atoms with E-state index in [1.807, 2.05) is 7.05 Å². The van der Waals surface area contributed by atoms with Gasteiger partial charge in [-0.15, -0.1) is 0 Å². The van der Waals surface area contributed by atoms with Crippen molar-refractivity contribution in [3.05, 3.63) is 24.0 Å². The maximum absolute atomic E-state index is 5.46. The van der Waals surface area contributed by atoms with Gasteiger partial charge in [0.25, 0.3) is 0 Å². The van der Waals surface area contributed by atoms with Gasteiger partial charge in [0.05, 0.1) is 6.54 Å². The van der Waals surface area contributed by atoms with Crippen LogP contribution in [0.25, 0.3) is 0 Å². The molecule has 0 aromatic carbocycles. The van der Waals surface area contributed by atoms with Crippen molar-refractivity contribution >= 4 is 11.6 Å². The number of aromatic nitrogens is 5. The van der Waals surface area contributed by atoms with Gasteiger partial charge in [-0.25, -0.2) is 20.8 Å². The largest absolute Gasteiger partial charge is 0.362 e. The number of rotatable bonds is 6. The first kappa shape index (κ1) is 13.2. The molecular formula is C11H18N8. The van der Waals surface area contributed by atoms with E-state index in [0.717, 1.165) is 24.2 Å². The molecule has 2 aromatic rings. The van der Waals surface area contributed by atoms with E-state index in [2.05, 4.69) is 37.7 Å². The molecule has 0 unspecified atom stereocenters. The molecule has 2 rings (SSSR count). The van der Waals surface area contributed by atoms with Crippen molar-refractivity contribution in [2.24, 2.45) is 12.9 Å². The van der Waals surface area contributed by atoms with Gasteiger partial charge in [0, 0.05) is 12.6 Å². The summed E-state index contributed by atoms with van der Waals surface area (Å²) in [6.45, 7) is 2.61. The summed E-state index contributed by atoms with van der Waals surface area (Å²) in [5.41, 5.74) is 3.57. The van der Waals surface area contributed by atoms with Crippen LogP contribution in [0.3, 0.4) is 0 Å². The number of hydrogen-bond acceptors (Lipinski definition) is 7. The van der Waals surface area contributed by atoms with Crippen molar-refractivity contribution in [1.82, 2.24) is 24.7 Å². The summed E-state index contributed by atoms with van der Waals surface area (Å²) in [7, 11) is 1.83. The summed E-state index contributed by atoms with van der Waals surface area (Å²) in [6, 6.07) is 0. The highest BCUT2D eigenvalue weighted by Crippen LogP contribution is 2.21. The van der Waals surface area contributed by atoms with Crippen LogP contribution in [0, 0.1) is 0 Å². The monoisotopic (exact) mass is 262 g/mol. The third-order valence-electron chi connectivity index (χ3n) is 2.64. The molecule has 0 amide bonds. The summed E-state index contributed by atoms with van der Waals surface area (Å²) in [6.07, 6.45) is 4.97. The van der Waals surface area contributed by atoms with Gasteiger partial charge in [-0.1, -0.05) is 13.3 Å². The lowest BCUT2D eigenvalue weighted by Crippen LogP contribution is -2.14. The van der Waals surface area contributed by atoms with Crippen molar-refractivity contribution in [1.29, 1.82) is 0 Å². The topological polar surface area (TPSA) is 107 Å². The van der Waals surface area contributed by atoms with Crippen LogP contribution in [-0.4, -0.2) is 24.7 Å². The Bertz CT molecular complexity index is 535. The van der Waals surface area contributed by atoms with E-state index in [1.165, 1.54) is 6.33 Å². The summed E-state index contributed by atoms with van der Waals surface area (Å²) in [5.74, 6) is 7.59. The molecule has 2 heterocycles. The van der Waals surface area contributed by atoms with Crippen LogP contribution in [0.1, 0.15) is 24.7 Å². The van der Waals surface area contributed by atoms with Crippen molar-refractivity contribution < 1.29 is 0 Å². The lowest BCUT2D eigenvalue weighted by Gasteiger charge is -2.12. The van der Waals surface area contributed by atoms with Gasteiger partial charge in [0.1, 0.15) is 24.3 Å². The predicted molar refractivity (Wildman–Crippen MR) is 72.2 cm³/mol. The number of hydrogen-bond donors (Lipinski definition) is 3. The minimum Gasteiger partial charge on any atom is -0.362 e. The number of nitrogen functional groups attached to an aromatic ring is 1. The highest BCUT2D eigenvalue weighted by Gasteiger charge is 2.10. The van der Waals surface area contributed by atoms with Gasteiger partial charge in [-0.05, 0) is 6.42 Å². The average Bonchev–Trinajstić information content (AvgIpc) is 2.83. The van der Waals surface area contributed by atoms with Crippen LogP contribution < -0.4 is 16.6 Å². The minimum absolute atomic E-state index is 0.512. The van der Waals surface area contributed by atoms with E-state index >= 15 is 0 Å². The van der Waals surface area contributed by atoms with Gasteiger partial charge in [-0.2, -0.15) is 5.10 Å². The molecule has 0 saturated carbocycles. The number of anilines is 2. The molecule has 0 atom stereocenters. The van der Waals surface area contributed by atoms with Gasteiger partial charge in [-0.3, -0.25) is 4.68 Å². The Labute approximate surface area is 111 Å². The first-order valence-electron chi connectivity index (χ1n) is 6.13. The second-order valence-corrected chi connectivity index (χ2v) is 4.13. The molecule has 8 nitrogen and oxygen atoms in total. The van der Waals surface area contributed by atoms with E-state index in [0.29, 0.717) is 18.2 Å². The van der Waals surface area contributed by atoms with E-state index in [4.69, 9.17) is 5.84 Å². The lowest BCUT2D eigenvalue weighted by atomic mass is 10.1. The number of hydrazine groups is 1. The van der Waals surface area contributed by atoms with Crippen molar-refractivity contribution in [3.8, 4) is 0 Å². The van der Waals surface area contributed by atoms with Crippen molar-refractivity contribution in [2.75, 3.05) is 10.7 Å². The van der Waals surface area contributed by atoms with Gasteiger partial charge >= 0.3 is 0 Å². The Morgan fingerprint density at radius 1 is 1.26 bits per heavy atom. The zero-order valence-electron chi connectivity index (χ0n) is 11.1. The maximum Gasteiger partial charge on any atom is 0.169 e. The molecule has 0 aliphatic carbocycles. The summed E-state index contributed by atoms with van der Waals surface area (Å²) in [4.78, 5) is 12.5. The van der Waals surface area contributed by atoms with Crippen LogP contribution in [0.4, 0.5) is 11.6 Å². The molecule has 0 aliphatic heterocycles. The molecule has 0 bridgehead atoms. The summed E-state index contributed by atoms with van der Waals surface area (Å²) >= 11 is 0. The molecule has 0 radical (unpaired) electrons. The van der Waals surface area contributed by atoms with E-state index in [9.17, 15) is 0 Å². The molecule has 102 valence electrons. The fourth-order valence-corrected chi connectivity index (χ4v) is 1.80. The van der Waals surface area contributed by atoms with Gasteiger partial charge in [0.2, 0.25) is 0 Å². The number of aryl methyl sites for hydroxylation is 1. The van der Waals surface area contributed by atoms with Crippen LogP contribution in [-0.2, 0) is 20.0 Å². The zero-order chi connectivity index (χ0) is 13.7. The van der Waals surface area contributed by atoms with Crippen molar-refractivity contribution in [2.45, 2.75) is 26.3 Å². The normalized spacial score (nSPS) is 10.5. The second-order valence-electron chi connectivity index (χ2n) is 4.13. The smallest absolute Gasteiger partial charge is 0.169 e. The molecule has 0 saturated heterocycles. The molecule has 0 spiro atoms. The standard InChI is InChI=1S/C11H18N8/c1-3-4-8-10(14-6-15-11(8)17-12)13-5-9-16-7-19(2)18-9/h6-7H,3-5,12H2,1-2H3,(H2,13,14,15,17). The number of nitrogens with one attached hydrogen (secondary N) is 2. The lowest BCUT2D eigenvalue weighted by molar-refractivity contribution is 0.746. The second kappa shape index (κ2) is 6.10. The fourth-order valence-electron chi connectivity index (χ4n) is 1.80. The van der Waals surface area contributed by atoms with Crippen LogP contribution in [0.2, 0.25) is 0 Å². The highest BCUT2D eigenvalue weighted by molar-refractivity contribution is 5.56. The number of nitrogens with zero attached hydrogens (tertiary/aromatic N) is 5. The Morgan fingerprint density at radius 2 is 2.05 bits per heavy atom. The number of nitrogens with two attached hydrogens (primary N) is 1. The van der Waals surface area contributed by atoms with Crippen LogP contribution in [0.5, 0.6) is 0 Å². The van der Waals surface area contributed by atoms with Crippen LogP contribution in [0.15, 0.2) is 12.7 Å². The molecule has 2 aromatic heterocycles. The Kier molecular flexibility index (Phi) is 4.24. The molecule has 19 heavy (non-hydrogen) atoms. The summed E-state index contributed by atoms with van der Waals surface area (Å²) < 4.78 is 1.66. The zero-order valence-corrected chi connectivity index (χ0v) is 11.1. The third kappa shape index (κ3) is 3.16. The van der Waals surface area contributed by atoms with E-state index in [1.54, 1.807) is 11.0 Å². The first-order valence-corrected chi connectivity index (χ1v) is 6.13. The van der Waals surface area contributed by atoms with Crippen molar-refractivity contribution in [3.63, 3.8) is 0 Å². The third-order valence-corrected chi connectivity index (χ3v) is 2.64. The van der Waals surface area contributed by atoms with E-state index in [-0.39, 0.29) is 0 Å². The van der Waals surface area contributed by atoms with Crippen LogP contribution >= 0.6 is 0 Å². The maximum atomic E-state index is 5.46. The molecule has 8 heteroatoms. The highest BCUT2D eigenvalue weighted by atomic mass is 15.3. The predicted octanol–water partition coefficient (Wildman–Crippen LogP) is 0.455. The Hall–Kier alpha value is -2.22. The average molecular weight is 262 g/mol. The summed E-state index contributed by atoms with van der Waals surface area (Å²) in [5, 5.41) is 7.42. The fraction of sp³-hybridized carbons (Fsp3) is 0.455. The Balaban J connectivity index is 2.14. The Morgan fingerprint density at radius 3 is 2.68 bits per heavy atom. The molecule has 0 fully saturated rings. The first-order chi connectivity index (χ1) is 9.24. The van der Waals surface area contributed by atoms with Gasteiger partial charge < -0.3 is 10.7 Å². The quantitative estimate of drug-likeness (QED) is 0.512.